The molecule has 0 saturated heterocycles. The predicted octanol–water partition coefficient (Wildman–Crippen LogP) is 1.35. The third kappa shape index (κ3) is 8.93. The maximum Gasteiger partial charge on any atom is 0.312 e. The largest absolute Gasteiger partial charge is 0.412 e. The predicted molar refractivity (Wildman–Crippen MR) is 56.4 cm³/mol. The summed E-state index contributed by atoms with van der Waals surface area (Å²) < 4.78 is 4.68. The highest BCUT2D eigenvalue weighted by molar-refractivity contribution is 5.89. The lowest BCUT2D eigenvalue weighted by atomic mass is 10.2. The van der Waals surface area contributed by atoms with Gasteiger partial charge in [0.1, 0.15) is 0 Å². The Bertz CT molecular complexity index is 239. The van der Waals surface area contributed by atoms with Crippen molar-refractivity contribution < 1.29 is 14.3 Å². The number of primary amides is 1. The molecular formula is C10H18N2O3. The van der Waals surface area contributed by atoms with Crippen LogP contribution in [0.4, 0.5) is 0 Å². The van der Waals surface area contributed by atoms with Gasteiger partial charge in [0, 0.05) is 19.3 Å². The van der Waals surface area contributed by atoms with E-state index >= 15 is 0 Å². The van der Waals surface area contributed by atoms with Crippen molar-refractivity contribution >= 4 is 17.8 Å². The third-order valence-corrected chi connectivity index (χ3v) is 1.82. The smallest absolute Gasteiger partial charge is 0.312 e. The molecule has 5 nitrogen and oxygen atoms in total. The van der Waals surface area contributed by atoms with Gasteiger partial charge in [-0.2, -0.15) is 0 Å². The summed E-state index contributed by atoms with van der Waals surface area (Å²) in [6, 6.07) is 0. The lowest BCUT2D eigenvalue weighted by Crippen LogP contribution is -2.16. The van der Waals surface area contributed by atoms with E-state index in [4.69, 9.17) is 11.1 Å². The molecule has 0 spiro atoms. The Morgan fingerprint density at radius 1 is 1.20 bits per heavy atom. The van der Waals surface area contributed by atoms with Crippen LogP contribution >= 0.6 is 0 Å². The topological polar surface area (TPSA) is 93.2 Å². The number of ether oxygens (including phenoxy) is 1. The SMILES string of the molecule is CCCCCC(=O)OC(=N)CCC(N)=O. The third-order valence-electron chi connectivity index (χ3n) is 1.82. The second-order valence-electron chi connectivity index (χ2n) is 3.32. The Kier molecular flexibility index (Phi) is 7.23. The minimum atomic E-state index is -0.498. The van der Waals surface area contributed by atoms with Gasteiger partial charge in [0.2, 0.25) is 5.91 Å². The highest BCUT2D eigenvalue weighted by Crippen LogP contribution is 2.02. The molecule has 0 rings (SSSR count). The molecule has 15 heavy (non-hydrogen) atoms. The van der Waals surface area contributed by atoms with Crippen molar-refractivity contribution in [3.63, 3.8) is 0 Å². The van der Waals surface area contributed by atoms with E-state index in [2.05, 4.69) is 4.74 Å². The Hall–Kier alpha value is -1.39. The maximum atomic E-state index is 11.1. The van der Waals surface area contributed by atoms with E-state index in [1.165, 1.54) is 0 Å². The quantitative estimate of drug-likeness (QED) is 0.290. The number of carbonyl (C=O) groups is 2. The summed E-state index contributed by atoms with van der Waals surface area (Å²) in [5.41, 5.74) is 4.89. The van der Waals surface area contributed by atoms with Crippen molar-refractivity contribution in [1.82, 2.24) is 0 Å². The zero-order valence-electron chi connectivity index (χ0n) is 9.04. The van der Waals surface area contributed by atoms with E-state index in [1.54, 1.807) is 0 Å². The molecule has 0 aliphatic rings. The van der Waals surface area contributed by atoms with E-state index in [1.807, 2.05) is 6.92 Å². The molecule has 1 amide bonds. The highest BCUT2D eigenvalue weighted by atomic mass is 16.5. The average Bonchev–Trinajstić information content (AvgIpc) is 2.15. The molecule has 0 unspecified atom stereocenters. The standard InChI is InChI=1S/C10H18N2O3/c1-2-3-4-5-10(14)15-9(12)7-6-8(11)13/h12H,2-7H2,1H3,(H2,11,13). The highest BCUT2D eigenvalue weighted by Gasteiger charge is 2.07. The molecule has 0 aromatic heterocycles. The van der Waals surface area contributed by atoms with Gasteiger partial charge in [-0.25, -0.2) is 0 Å². The average molecular weight is 214 g/mol. The van der Waals surface area contributed by atoms with E-state index in [0.717, 1.165) is 19.3 Å². The van der Waals surface area contributed by atoms with Gasteiger partial charge in [-0.05, 0) is 6.42 Å². The van der Waals surface area contributed by atoms with Crippen LogP contribution in [0.2, 0.25) is 0 Å². The second kappa shape index (κ2) is 7.96. The number of amides is 1. The molecule has 0 fully saturated rings. The fourth-order valence-electron chi connectivity index (χ4n) is 0.996. The number of rotatable bonds is 7. The molecule has 5 heteroatoms. The number of nitrogens with two attached hydrogens (primary N) is 1. The fraction of sp³-hybridized carbons (Fsp3) is 0.700. The van der Waals surface area contributed by atoms with Crippen molar-refractivity contribution in [3.8, 4) is 0 Å². The van der Waals surface area contributed by atoms with Gasteiger partial charge in [-0.15, -0.1) is 0 Å². The van der Waals surface area contributed by atoms with Gasteiger partial charge in [-0.1, -0.05) is 19.8 Å². The first-order chi connectivity index (χ1) is 7.06. The van der Waals surface area contributed by atoms with Crippen molar-refractivity contribution in [2.24, 2.45) is 5.73 Å². The van der Waals surface area contributed by atoms with Gasteiger partial charge in [0.25, 0.3) is 0 Å². The van der Waals surface area contributed by atoms with E-state index in [0.29, 0.717) is 6.42 Å². The molecule has 0 bridgehead atoms. The maximum absolute atomic E-state index is 11.1. The van der Waals surface area contributed by atoms with E-state index < -0.39 is 11.9 Å². The van der Waals surface area contributed by atoms with Crippen LogP contribution in [0.3, 0.4) is 0 Å². The van der Waals surface area contributed by atoms with Crippen LogP contribution in [0.1, 0.15) is 45.4 Å². The van der Waals surface area contributed by atoms with Gasteiger partial charge >= 0.3 is 5.97 Å². The Morgan fingerprint density at radius 3 is 2.40 bits per heavy atom. The fourth-order valence-corrected chi connectivity index (χ4v) is 0.996. The van der Waals surface area contributed by atoms with E-state index in [9.17, 15) is 9.59 Å². The van der Waals surface area contributed by atoms with Crippen molar-refractivity contribution in [2.75, 3.05) is 0 Å². The Morgan fingerprint density at radius 2 is 1.87 bits per heavy atom. The minimum Gasteiger partial charge on any atom is -0.412 e. The first kappa shape index (κ1) is 13.6. The summed E-state index contributed by atoms with van der Waals surface area (Å²) >= 11 is 0. The number of hydrogen-bond donors (Lipinski definition) is 2. The minimum absolute atomic E-state index is 0.0427. The molecule has 3 N–H and O–H groups in total. The molecule has 86 valence electrons. The summed E-state index contributed by atoms with van der Waals surface area (Å²) in [5, 5.41) is 7.24. The van der Waals surface area contributed by atoms with Gasteiger partial charge in [-0.3, -0.25) is 15.0 Å². The summed E-state index contributed by atoms with van der Waals surface area (Å²) in [6.07, 6.45) is 3.25. The van der Waals surface area contributed by atoms with Gasteiger partial charge in [0.15, 0.2) is 5.90 Å². The molecule has 0 aliphatic carbocycles. The van der Waals surface area contributed by atoms with Crippen LogP contribution in [-0.4, -0.2) is 17.8 Å². The zero-order valence-corrected chi connectivity index (χ0v) is 9.04. The van der Waals surface area contributed by atoms with Gasteiger partial charge < -0.3 is 10.5 Å². The lowest BCUT2D eigenvalue weighted by molar-refractivity contribution is -0.136. The van der Waals surface area contributed by atoms with Crippen LogP contribution < -0.4 is 5.73 Å². The number of nitrogens with one attached hydrogen (secondary N) is 1. The molecule has 0 saturated carbocycles. The van der Waals surface area contributed by atoms with Crippen molar-refractivity contribution in [2.45, 2.75) is 45.4 Å². The normalized spacial score (nSPS) is 9.67. The Balaban J connectivity index is 3.58. The van der Waals surface area contributed by atoms with Crippen molar-refractivity contribution in [3.05, 3.63) is 0 Å². The number of unbranched alkanes of at least 4 members (excludes halogenated alkanes) is 2. The summed E-state index contributed by atoms with van der Waals surface area (Å²) in [6.45, 7) is 2.04. The van der Waals surface area contributed by atoms with Crippen molar-refractivity contribution in [1.29, 1.82) is 5.41 Å². The first-order valence-corrected chi connectivity index (χ1v) is 5.12. The summed E-state index contributed by atoms with van der Waals surface area (Å²) in [4.78, 5) is 21.5. The molecule has 0 aromatic carbocycles. The first-order valence-electron chi connectivity index (χ1n) is 5.12. The molecule has 0 radical (unpaired) electrons. The zero-order chi connectivity index (χ0) is 11.7. The van der Waals surface area contributed by atoms with Crippen LogP contribution in [0.5, 0.6) is 0 Å². The Labute approximate surface area is 89.5 Å². The monoisotopic (exact) mass is 214 g/mol. The molecule has 0 heterocycles. The number of carbonyl (C=O) groups excluding carboxylic acids is 2. The molecular weight excluding hydrogens is 196 g/mol. The number of hydrogen-bond acceptors (Lipinski definition) is 4. The lowest BCUT2D eigenvalue weighted by Gasteiger charge is -2.04. The molecule has 0 aliphatic heterocycles. The van der Waals surface area contributed by atoms with Crippen LogP contribution in [0.15, 0.2) is 0 Å². The van der Waals surface area contributed by atoms with Crippen LogP contribution in [-0.2, 0) is 14.3 Å². The van der Waals surface area contributed by atoms with E-state index in [-0.39, 0.29) is 18.7 Å². The second-order valence-corrected chi connectivity index (χ2v) is 3.32. The summed E-state index contributed by atoms with van der Waals surface area (Å²) in [5.74, 6) is -1.09. The molecule has 0 atom stereocenters. The van der Waals surface area contributed by atoms with Gasteiger partial charge in [0.05, 0.1) is 0 Å². The van der Waals surface area contributed by atoms with Crippen LogP contribution in [0.25, 0.3) is 0 Å². The summed E-state index contributed by atoms with van der Waals surface area (Å²) in [7, 11) is 0. The molecule has 0 aromatic rings. The number of esters is 1. The van der Waals surface area contributed by atoms with Crippen LogP contribution in [0, 0.1) is 5.41 Å².